The van der Waals surface area contributed by atoms with E-state index in [1.54, 1.807) is 24.5 Å². The molecular formula is C15H14ClFN2O2S. The number of benzene rings is 1. The first-order valence-corrected chi connectivity index (χ1v) is 8.66. The van der Waals surface area contributed by atoms with Crippen LogP contribution in [0.5, 0.6) is 0 Å². The van der Waals surface area contributed by atoms with E-state index in [-0.39, 0.29) is 22.5 Å². The molecule has 1 fully saturated rings. The van der Waals surface area contributed by atoms with Crippen LogP contribution in [0.3, 0.4) is 0 Å². The molecule has 0 saturated heterocycles. The first kappa shape index (κ1) is 15.4. The van der Waals surface area contributed by atoms with Crippen molar-refractivity contribution in [3.63, 3.8) is 0 Å². The molecule has 0 aliphatic heterocycles. The van der Waals surface area contributed by atoms with Crippen LogP contribution in [0.25, 0.3) is 0 Å². The molecule has 1 aromatic heterocycles. The molecule has 0 atom stereocenters. The third-order valence-corrected chi connectivity index (χ3v) is 5.90. The minimum atomic E-state index is -3.77. The van der Waals surface area contributed by atoms with Crippen LogP contribution in [0.4, 0.5) is 4.39 Å². The number of halogens is 2. The molecule has 0 N–H and O–H groups in total. The summed E-state index contributed by atoms with van der Waals surface area (Å²) in [5.74, 6) is -0.559. The lowest BCUT2D eigenvalue weighted by molar-refractivity contribution is 0.398. The summed E-state index contributed by atoms with van der Waals surface area (Å²) >= 11 is 5.93. The third kappa shape index (κ3) is 3.14. The van der Waals surface area contributed by atoms with Gasteiger partial charge in [-0.3, -0.25) is 4.98 Å². The Morgan fingerprint density at radius 3 is 2.50 bits per heavy atom. The van der Waals surface area contributed by atoms with Gasteiger partial charge in [0, 0.05) is 25.0 Å². The molecule has 4 nitrogen and oxygen atoms in total. The SMILES string of the molecule is O=S(=O)(c1ccc(F)cc1Cl)N(Cc1ccncc1)C1CC1. The van der Waals surface area contributed by atoms with Gasteiger partial charge in [0.2, 0.25) is 10.0 Å². The fourth-order valence-electron chi connectivity index (χ4n) is 2.25. The van der Waals surface area contributed by atoms with E-state index in [4.69, 9.17) is 11.6 Å². The summed E-state index contributed by atoms with van der Waals surface area (Å²) in [4.78, 5) is 3.87. The Labute approximate surface area is 133 Å². The topological polar surface area (TPSA) is 50.3 Å². The molecule has 1 aliphatic rings. The summed E-state index contributed by atoms with van der Waals surface area (Å²) in [6.07, 6.45) is 4.89. The van der Waals surface area contributed by atoms with Crippen molar-refractivity contribution in [2.75, 3.05) is 0 Å². The average Bonchev–Trinajstić information content (AvgIpc) is 3.29. The Balaban J connectivity index is 1.96. The molecule has 2 aromatic rings. The predicted molar refractivity (Wildman–Crippen MR) is 81.4 cm³/mol. The van der Waals surface area contributed by atoms with E-state index in [1.165, 1.54) is 10.4 Å². The monoisotopic (exact) mass is 340 g/mol. The van der Waals surface area contributed by atoms with E-state index in [9.17, 15) is 12.8 Å². The molecule has 0 radical (unpaired) electrons. The molecule has 0 amide bonds. The first-order valence-electron chi connectivity index (χ1n) is 6.84. The maximum absolute atomic E-state index is 13.2. The predicted octanol–water partition coefficient (Wildman–Crippen LogP) is 3.23. The average molecular weight is 341 g/mol. The second-order valence-corrected chi connectivity index (χ2v) is 7.48. The van der Waals surface area contributed by atoms with Gasteiger partial charge >= 0.3 is 0 Å². The molecule has 1 aliphatic carbocycles. The van der Waals surface area contributed by atoms with E-state index >= 15 is 0 Å². The zero-order valence-corrected chi connectivity index (χ0v) is 13.2. The van der Waals surface area contributed by atoms with Gasteiger partial charge in [0.05, 0.1) is 5.02 Å². The van der Waals surface area contributed by atoms with Crippen LogP contribution in [0.15, 0.2) is 47.6 Å². The van der Waals surface area contributed by atoms with E-state index in [0.29, 0.717) is 0 Å². The van der Waals surface area contributed by atoms with Gasteiger partial charge in [0.25, 0.3) is 0 Å². The summed E-state index contributed by atoms with van der Waals surface area (Å²) in [6.45, 7) is 0.253. The lowest BCUT2D eigenvalue weighted by Crippen LogP contribution is -2.32. The molecule has 0 unspecified atom stereocenters. The molecule has 3 rings (SSSR count). The maximum Gasteiger partial charge on any atom is 0.245 e. The van der Waals surface area contributed by atoms with Gasteiger partial charge in [0.15, 0.2) is 0 Å². The van der Waals surface area contributed by atoms with Crippen molar-refractivity contribution in [2.45, 2.75) is 30.3 Å². The van der Waals surface area contributed by atoms with E-state index < -0.39 is 15.8 Å². The first-order chi connectivity index (χ1) is 10.5. The Kier molecular flexibility index (Phi) is 4.16. The van der Waals surface area contributed by atoms with Crippen molar-refractivity contribution in [3.8, 4) is 0 Å². The summed E-state index contributed by atoms with van der Waals surface area (Å²) < 4.78 is 40.3. The number of hydrogen-bond donors (Lipinski definition) is 0. The Hall–Kier alpha value is -1.50. The number of nitrogens with zero attached hydrogens (tertiary/aromatic N) is 2. The standard InChI is InChI=1S/C15H14ClFN2O2S/c16-14-9-12(17)1-4-15(14)22(20,21)19(13-2-3-13)10-11-5-7-18-8-6-11/h1,4-9,13H,2-3,10H2. The zero-order valence-electron chi connectivity index (χ0n) is 11.6. The number of pyridine rings is 1. The molecule has 0 spiro atoms. The van der Waals surface area contributed by atoms with Crippen molar-refractivity contribution in [3.05, 3.63) is 59.1 Å². The number of rotatable bonds is 5. The summed E-state index contributed by atoms with van der Waals surface area (Å²) in [6, 6.07) is 6.87. The van der Waals surface area contributed by atoms with Gasteiger partial charge in [-0.25, -0.2) is 12.8 Å². The molecule has 1 heterocycles. The summed E-state index contributed by atoms with van der Waals surface area (Å²) in [7, 11) is -3.77. The second-order valence-electron chi connectivity index (χ2n) is 5.21. The van der Waals surface area contributed by atoms with Gasteiger partial charge in [-0.2, -0.15) is 4.31 Å². The van der Waals surface area contributed by atoms with Crippen molar-refractivity contribution < 1.29 is 12.8 Å². The van der Waals surface area contributed by atoms with Crippen LogP contribution in [0.2, 0.25) is 5.02 Å². The van der Waals surface area contributed by atoms with Crippen molar-refractivity contribution in [2.24, 2.45) is 0 Å². The zero-order chi connectivity index (χ0) is 15.7. The van der Waals surface area contributed by atoms with E-state index in [0.717, 1.165) is 30.5 Å². The number of sulfonamides is 1. The lowest BCUT2D eigenvalue weighted by atomic mass is 10.3. The van der Waals surface area contributed by atoms with Gasteiger partial charge in [0.1, 0.15) is 10.7 Å². The molecule has 1 aromatic carbocycles. The Morgan fingerprint density at radius 2 is 1.91 bits per heavy atom. The normalized spacial score (nSPS) is 15.2. The quantitative estimate of drug-likeness (QED) is 0.839. The third-order valence-electron chi connectivity index (χ3n) is 3.52. The minimum Gasteiger partial charge on any atom is -0.265 e. The highest BCUT2D eigenvalue weighted by Gasteiger charge is 2.38. The number of aromatic nitrogens is 1. The van der Waals surface area contributed by atoms with Crippen molar-refractivity contribution in [1.82, 2.24) is 9.29 Å². The van der Waals surface area contributed by atoms with Gasteiger partial charge < -0.3 is 0 Å². The lowest BCUT2D eigenvalue weighted by Gasteiger charge is -2.22. The van der Waals surface area contributed by atoms with E-state index in [2.05, 4.69) is 4.98 Å². The fourth-order valence-corrected chi connectivity index (χ4v) is 4.43. The molecule has 1 saturated carbocycles. The van der Waals surface area contributed by atoms with Gasteiger partial charge in [-0.1, -0.05) is 11.6 Å². The van der Waals surface area contributed by atoms with Gasteiger partial charge in [-0.05, 0) is 48.7 Å². The van der Waals surface area contributed by atoms with Crippen LogP contribution in [-0.2, 0) is 16.6 Å². The van der Waals surface area contributed by atoms with Crippen LogP contribution in [0, 0.1) is 5.82 Å². The van der Waals surface area contributed by atoms with Crippen molar-refractivity contribution in [1.29, 1.82) is 0 Å². The van der Waals surface area contributed by atoms with Crippen LogP contribution in [-0.4, -0.2) is 23.7 Å². The fraction of sp³-hybridized carbons (Fsp3) is 0.267. The van der Waals surface area contributed by atoms with Crippen LogP contribution < -0.4 is 0 Å². The van der Waals surface area contributed by atoms with Crippen molar-refractivity contribution >= 4 is 21.6 Å². The smallest absolute Gasteiger partial charge is 0.245 e. The Morgan fingerprint density at radius 1 is 1.23 bits per heavy atom. The summed E-state index contributed by atoms with van der Waals surface area (Å²) in [5.41, 5.74) is 0.851. The maximum atomic E-state index is 13.2. The minimum absolute atomic E-state index is 0.0284. The van der Waals surface area contributed by atoms with E-state index in [1.807, 2.05) is 0 Å². The van der Waals surface area contributed by atoms with Gasteiger partial charge in [-0.15, -0.1) is 0 Å². The highest BCUT2D eigenvalue weighted by Crippen LogP contribution is 2.35. The van der Waals surface area contributed by atoms with Crippen LogP contribution in [0.1, 0.15) is 18.4 Å². The highest BCUT2D eigenvalue weighted by atomic mass is 35.5. The Bertz CT molecular complexity index is 779. The highest BCUT2D eigenvalue weighted by molar-refractivity contribution is 7.89. The van der Waals surface area contributed by atoms with Crippen LogP contribution >= 0.6 is 11.6 Å². The molecule has 0 bridgehead atoms. The molecule has 7 heteroatoms. The second kappa shape index (κ2) is 5.95. The molecule has 22 heavy (non-hydrogen) atoms. The number of hydrogen-bond acceptors (Lipinski definition) is 3. The largest absolute Gasteiger partial charge is 0.265 e. The summed E-state index contributed by atoms with van der Waals surface area (Å²) in [5, 5.41) is -0.0969. The molecule has 116 valence electrons. The molecular weight excluding hydrogens is 327 g/mol.